The number of hydrogen-bond acceptors (Lipinski definition) is 4. The van der Waals surface area contributed by atoms with Crippen molar-refractivity contribution in [1.29, 1.82) is 0 Å². The van der Waals surface area contributed by atoms with Crippen LogP contribution in [0.25, 0.3) is 5.69 Å². The molecule has 112 valence electrons. The number of carbonyl (C=O) groups is 1. The normalized spacial score (nSPS) is 12.9. The van der Waals surface area contributed by atoms with Gasteiger partial charge in [0.1, 0.15) is 5.25 Å². The standard InChI is InChI=1S/C14H17N3O3S/c1-11(21(2,19)20)14(18)15-10-12-4-6-13(7-5-12)17-9-3-8-16-17/h3-9,11H,10H2,1-2H3,(H,15,18). The second-order valence-electron chi connectivity index (χ2n) is 4.81. The van der Waals surface area contributed by atoms with Crippen molar-refractivity contribution in [3.8, 4) is 5.69 Å². The molecule has 1 atom stereocenters. The molecule has 1 aromatic heterocycles. The predicted octanol–water partition coefficient (Wildman–Crippen LogP) is 0.922. The molecule has 0 spiro atoms. The Morgan fingerprint density at radius 3 is 2.52 bits per heavy atom. The summed E-state index contributed by atoms with van der Waals surface area (Å²) in [5.74, 6) is -0.492. The summed E-state index contributed by atoms with van der Waals surface area (Å²) < 4.78 is 24.3. The van der Waals surface area contributed by atoms with Crippen LogP contribution < -0.4 is 5.32 Å². The Bertz CT molecular complexity index is 706. The first-order valence-corrected chi connectivity index (χ1v) is 8.39. The van der Waals surface area contributed by atoms with E-state index in [0.29, 0.717) is 0 Å². The van der Waals surface area contributed by atoms with Crippen LogP contribution in [0.2, 0.25) is 0 Å². The van der Waals surface area contributed by atoms with Gasteiger partial charge in [-0.05, 0) is 30.7 Å². The van der Waals surface area contributed by atoms with Crippen molar-refractivity contribution >= 4 is 15.7 Å². The zero-order chi connectivity index (χ0) is 15.5. The molecule has 0 bridgehead atoms. The van der Waals surface area contributed by atoms with E-state index in [1.807, 2.05) is 36.5 Å². The van der Waals surface area contributed by atoms with Gasteiger partial charge in [0.25, 0.3) is 0 Å². The van der Waals surface area contributed by atoms with Gasteiger partial charge in [0.05, 0.1) is 5.69 Å². The Balaban J connectivity index is 1.97. The minimum Gasteiger partial charge on any atom is -0.351 e. The van der Waals surface area contributed by atoms with Gasteiger partial charge in [-0.25, -0.2) is 13.1 Å². The van der Waals surface area contributed by atoms with Crippen molar-refractivity contribution in [2.75, 3.05) is 6.26 Å². The zero-order valence-electron chi connectivity index (χ0n) is 11.9. The monoisotopic (exact) mass is 307 g/mol. The molecule has 6 nitrogen and oxygen atoms in total. The van der Waals surface area contributed by atoms with Gasteiger partial charge in [0, 0.05) is 25.2 Å². The summed E-state index contributed by atoms with van der Waals surface area (Å²) in [6.45, 7) is 1.67. The van der Waals surface area contributed by atoms with E-state index in [1.54, 1.807) is 10.9 Å². The lowest BCUT2D eigenvalue weighted by Gasteiger charge is -2.10. The Kier molecular flexibility index (Phi) is 4.42. The molecule has 1 aromatic carbocycles. The molecular weight excluding hydrogens is 290 g/mol. The van der Waals surface area contributed by atoms with Crippen LogP contribution >= 0.6 is 0 Å². The number of nitrogens with zero attached hydrogens (tertiary/aromatic N) is 2. The molecule has 1 heterocycles. The average Bonchev–Trinajstić information content (AvgIpc) is 2.97. The number of nitrogens with one attached hydrogen (secondary N) is 1. The molecule has 0 saturated heterocycles. The molecular formula is C14H17N3O3S. The number of carbonyl (C=O) groups excluding carboxylic acids is 1. The van der Waals surface area contributed by atoms with E-state index in [9.17, 15) is 13.2 Å². The second-order valence-corrected chi connectivity index (χ2v) is 7.17. The number of benzene rings is 1. The van der Waals surface area contributed by atoms with Crippen LogP contribution in [0.5, 0.6) is 0 Å². The van der Waals surface area contributed by atoms with E-state index in [1.165, 1.54) is 6.92 Å². The number of aromatic nitrogens is 2. The predicted molar refractivity (Wildman–Crippen MR) is 79.7 cm³/mol. The maximum atomic E-state index is 11.7. The van der Waals surface area contributed by atoms with Gasteiger partial charge < -0.3 is 5.32 Å². The molecule has 21 heavy (non-hydrogen) atoms. The average molecular weight is 307 g/mol. The zero-order valence-corrected chi connectivity index (χ0v) is 12.7. The summed E-state index contributed by atoms with van der Waals surface area (Å²) >= 11 is 0. The number of sulfone groups is 1. The van der Waals surface area contributed by atoms with Crippen LogP contribution in [0.1, 0.15) is 12.5 Å². The van der Waals surface area contributed by atoms with Crippen LogP contribution in [0.3, 0.4) is 0 Å². The van der Waals surface area contributed by atoms with Crippen LogP contribution in [-0.4, -0.2) is 35.6 Å². The molecule has 0 aliphatic heterocycles. The van der Waals surface area contributed by atoms with Crippen molar-refractivity contribution in [2.45, 2.75) is 18.7 Å². The van der Waals surface area contributed by atoms with Crippen molar-refractivity contribution in [3.63, 3.8) is 0 Å². The van der Waals surface area contributed by atoms with Gasteiger partial charge in [-0.1, -0.05) is 12.1 Å². The van der Waals surface area contributed by atoms with Crippen molar-refractivity contribution in [3.05, 3.63) is 48.3 Å². The minimum atomic E-state index is -3.37. The van der Waals surface area contributed by atoms with Gasteiger partial charge in [-0.3, -0.25) is 4.79 Å². The van der Waals surface area contributed by atoms with Gasteiger partial charge >= 0.3 is 0 Å². The van der Waals surface area contributed by atoms with E-state index in [0.717, 1.165) is 17.5 Å². The minimum absolute atomic E-state index is 0.290. The second kappa shape index (κ2) is 6.09. The molecule has 2 rings (SSSR count). The highest BCUT2D eigenvalue weighted by molar-refractivity contribution is 7.92. The SMILES string of the molecule is CC(C(=O)NCc1ccc(-n2cccn2)cc1)S(C)(=O)=O. The first-order valence-electron chi connectivity index (χ1n) is 6.43. The first-order chi connectivity index (χ1) is 9.88. The first kappa shape index (κ1) is 15.2. The molecule has 1 amide bonds. The highest BCUT2D eigenvalue weighted by Crippen LogP contribution is 2.08. The maximum Gasteiger partial charge on any atom is 0.238 e. The summed E-state index contributed by atoms with van der Waals surface area (Å²) in [6, 6.07) is 9.33. The number of amides is 1. The summed E-state index contributed by atoms with van der Waals surface area (Å²) in [6.07, 6.45) is 4.58. The van der Waals surface area contributed by atoms with Gasteiger partial charge in [0.15, 0.2) is 9.84 Å². The molecule has 0 fully saturated rings. The number of hydrogen-bond donors (Lipinski definition) is 1. The molecule has 0 saturated carbocycles. The fourth-order valence-electron chi connectivity index (χ4n) is 1.72. The number of rotatable bonds is 5. The van der Waals surface area contributed by atoms with E-state index >= 15 is 0 Å². The fourth-order valence-corrected chi connectivity index (χ4v) is 2.19. The largest absolute Gasteiger partial charge is 0.351 e. The highest BCUT2D eigenvalue weighted by Gasteiger charge is 2.22. The van der Waals surface area contributed by atoms with E-state index in [2.05, 4.69) is 10.4 Å². The maximum absolute atomic E-state index is 11.7. The summed E-state index contributed by atoms with van der Waals surface area (Å²) in [7, 11) is -3.37. The quantitative estimate of drug-likeness (QED) is 0.890. The van der Waals surface area contributed by atoms with Crippen LogP contribution in [-0.2, 0) is 21.2 Å². The van der Waals surface area contributed by atoms with Crippen molar-refractivity contribution in [1.82, 2.24) is 15.1 Å². The summed E-state index contributed by atoms with van der Waals surface area (Å²) in [5, 5.41) is 5.70. The van der Waals surface area contributed by atoms with E-state index in [4.69, 9.17) is 0 Å². The Labute approximate surface area is 123 Å². The Morgan fingerprint density at radius 2 is 2.00 bits per heavy atom. The van der Waals surface area contributed by atoms with Crippen LogP contribution in [0.4, 0.5) is 0 Å². The van der Waals surface area contributed by atoms with E-state index in [-0.39, 0.29) is 6.54 Å². The third-order valence-electron chi connectivity index (χ3n) is 3.18. The lowest BCUT2D eigenvalue weighted by atomic mass is 10.2. The lowest BCUT2D eigenvalue weighted by molar-refractivity contribution is -0.120. The van der Waals surface area contributed by atoms with Crippen LogP contribution in [0, 0.1) is 0 Å². The van der Waals surface area contributed by atoms with Crippen LogP contribution in [0.15, 0.2) is 42.7 Å². The molecule has 1 N–H and O–H groups in total. The Morgan fingerprint density at radius 1 is 1.33 bits per heavy atom. The highest BCUT2D eigenvalue weighted by atomic mass is 32.2. The smallest absolute Gasteiger partial charge is 0.238 e. The topological polar surface area (TPSA) is 81.1 Å². The summed E-state index contributed by atoms with van der Waals surface area (Å²) in [5.41, 5.74) is 1.81. The molecule has 2 aromatic rings. The van der Waals surface area contributed by atoms with E-state index < -0.39 is 21.0 Å². The third kappa shape index (κ3) is 3.91. The molecule has 0 radical (unpaired) electrons. The van der Waals surface area contributed by atoms with Crippen molar-refractivity contribution in [2.24, 2.45) is 0 Å². The molecule has 0 aliphatic rings. The molecule has 7 heteroatoms. The van der Waals surface area contributed by atoms with Gasteiger partial charge in [0.2, 0.25) is 5.91 Å². The fraction of sp³-hybridized carbons (Fsp3) is 0.286. The summed E-state index contributed by atoms with van der Waals surface area (Å²) in [4.78, 5) is 11.7. The van der Waals surface area contributed by atoms with Crippen molar-refractivity contribution < 1.29 is 13.2 Å². The van der Waals surface area contributed by atoms with Gasteiger partial charge in [-0.15, -0.1) is 0 Å². The third-order valence-corrected chi connectivity index (χ3v) is 4.68. The molecule has 0 aliphatic carbocycles. The lowest BCUT2D eigenvalue weighted by Crippen LogP contribution is -2.36. The molecule has 1 unspecified atom stereocenters. The van der Waals surface area contributed by atoms with Gasteiger partial charge in [-0.2, -0.15) is 5.10 Å². The Hall–Kier alpha value is -2.15.